The monoisotopic (exact) mass is 409 g/mol. The first-order valence-corrected chi connectivity index (χ1v) is 9.51. The lowest BCUT2D eigenvalue weighted by Crippen LogP contribution is -2.19. The molecular weight excluding hydrogens is 393 g/mol. The average Bonchev–Trinajstić information content (AvgIpc) is 2.96. The van der Waals surface area contributed by atoms with Gasteiger partial charge in [0.15, 0.2) is 0 Å². The molecule has 140 valence electrons. The van der Waals surface area contributed by atoms with Crippen molar-refractivity contribution in [3.63, 3.8) is 0 Å². The van der Waals surface area contributed by atoms with Crippen LogP contribution in [0.5, 0.6) is 0 Å². The number of para-hydroxylation sites is 1. The van der Waals surface area contributed by atoms with E-state index in [1.165, 1.54) is 22.5 Å². The van der Waals surface area contributed by atoms with Gasteiger partial charge in [-0.15, -0.1) is 0 Å². The van der Waals surface area contributed by atoms with Crippen LogP contribution in [0.2, 0.25) is 10.0 Å². The molecule has 1 N–H and O–H groups in total. The molecule has 0 fully saturated rings. The van der Waals surface area contributed by atoms with Gasteiger partial charge in [0.25, 0.3) is 0 Å². The number of fused-ring (bicyclic) bond motifs is 3. The van der Waals surface area contributed by atoms with Gasteiger partial charge in [-0.05, 0) is 29.8 Å². The van der Waals surface area contributed by atoms with Crippen molar-refractivity contribution < 1.29 is 4.79 Å². The van der Waals surface area contributed by atoms with Gasteiger partial charge in [0, 0.05) is 39.4 Å². The minimum absolute atomic E-state index is 0.195. The molecule has 4 nitrogen and oxygen atoms in total. The fourth-order valence-electron chi connectivity index (χ4n) is 3.32. The summed E-state index contributed by atoms with van der Waals surface area (Å²) in [4.78, 5) is 12.2. The van der Waals surface area contributed by atoms with Gasteiger partial charge in [-0.25, -0.2) is 5.43 Å². The van der Waals surface area contributed by atoms with Crippen molar-refractivity contribution in [1.82, 2.24) is 9.99 Å². The molecule has 0 aliphatic carbocycles. The standard InChI is InChI=1S/C22H17Cl2N3O/c1-27-20-5-3-2-4-17(20)18-9-6-14(10-21(18)27)11-22(28)26-25-13-15-7-8-16(23)12-19(15)24/h2-10,12-13H,11H2,1H3,(H,26,28). The van der Waals surface area contributed by atoms with E-state index in [1.807, 2.05) is 25.2 Å². The van der Waals surface area contributed by atoms with Crippen molar-refractivity contribution >= 4 is 57.1 Å². The molecule has 6 heteroatoms. The molecular formula is C22H17Cl2N3O. The summed E-state index contributed by atoms with van der Waals surface area (Å²) in [5.41, 5.74) is 6.42. The lowest BCUT2D eigenvalue weighted by Gasteiger charge is -2.03. The number of halogens is 2. The molecule has 1 amide bonds. The number of carbonyl (C=O) groups is 1. The zero-order valence-electron chi connectivity index (χ0n) is 15.1. The van der Waals surface area contributed by atoms with E-state index >= 15 is 0 Å². The van der Waals surface area contributed by atoms with Crippen LogP contribution in [0.3, 0.4) is 0 Å². The number of carbonyl (C=O) groups excluding carboxylic acids is 1. The van der Waals surface area contributed by atoms with Gasteiger partial charge in [0.05, 0.1) is 17.7 Å². The highest BCUT2D eigenvalue weighted by atomic mass is 35.5. The number of amides is 1. The average molecular weight is 410 g/mol. The minimum Gasteiger partial charge on any atom is -0.344 e. The Morgan fingerprint density at radius 2 is 1.82 bits per heavy atom. The Labute approximate surface area is 172 Å². The van der Waals surface area contributed by atoms with Crippen molar-refractivity contribution in [1.29, 1.82) is 0 Å². The second kappa shape index (κ2) is 7.66. The zero-order valence-corrected chi connectivity index (χ0v) is 16.6. The highest BCUT2D eigenvalue weighted by Gasteiger charge is 2.10. The maximum atomic E-state index is 12.2. The summed E-state index contributed by atoms with van der Waals surface area (Å²) in [5.74, 6) is -0.195. The largest absolute Gasteiger partial charge is 0.344 e. The first-order chi connectivity index (χ1) is 13.5. The minimum atomic E-state index is -0.195. The van der Waals surface area contributed by atoms with Gasteiger partial charge in [-0.2, -0.15) is 5.10 Å². The fraction of sp³-hybridized carbons (Fsp3) is 0.0909. The number of hydrazone groups is 1. The molecule has 1 aromatic heterocycles. The van der Waals surface area contributed by atoms with Crippen molar-refractivity contribution in [3.8, 4) is 0 Å². The second-order valence-electron chi connectivity index (χ2n) is 6.56. The first-order valence-electron chi connectivity index (χ1n) is 8.76. The molecule has 0 atom stereocenters. The summed E-state index contributed by atoms with van der Waals surface area (Å²) < 4.78 is 2.15. The highest BCUT2D eigenvalue weighted by Crippen LogP contribution is 2.28. The number of nitrogens with zero attached hydrogens (tertiary/aromatic N) is 2. The first kappa shape index (κ1) is 18.5. The lowest BCUT2D eigenvalue weighted by molar-refractivity contribution is -0.120. The molecule has 0 unspecified atom stereocenters. The summed E-state index contributed by atoms with van der Waals surface area (Å²) in [5, 5.41) is 7.40. The Balaban J connectivity index is 1.50. The third kappa shape index (κ3) is 3.61. The van der Waals surface area contributed by atoms with Crippen LogP contribution in [0, 0.1) is 0 Å². The number of benzene rings is 3. The SMILES string of the molecule is Cn1c2ccccc2c2ccc(CC(=O)NN=Cc3ccc(Cl)cc3Cl)cc21. The quantitative estimate of drug-likeness (QED) is 0.359. The summed E-state index contributed by atoms with van der Waals surface area (Å²) in [7, 11) is 2.04. The van der Waals surface area contributed by atoms with Gasteiger partial charge in [-0.3, -0.25) is 4.79 Å². The van der Waals surface area contributed by atoms with E-state index in [0.717, 1.165) is 11.1 Å². The van der Waals surface area contributed by atoms with E-state index in [1.54, 1.807) is 18.2 Å². The van der Waals surface area contributed by atoms with Crippen LogP contribution in [-0.4, -0.2) is 16.7 Å². The van der Waals surface area contributed by atoms with Crippen LogP contribution in [0.4, 0.5) is 0 Å². The van der Waals surface area contributed by atoms with Gasteiger partial charge in [0.1, 0.15) is 0 Å². The number of rotatable bonds is 4. The maximum absolute atomic E-state index is 12.2. The van der Waals surface area contributed by atoms with Crippen LogP contribution in [-0.2, 0) is 18.3 Å². The molecule has 0 saturated carbocycles. The predicted octanol–water partition coefficient (Wildman–Crippen LogP) is 5.33. The Hall–Kier alpha value is -2.82. The number of aryl methyl sites for hydroxylation is 1. The maximum Gasteiger partial charge on any atom is 0.244 e. The number of aromatic nitrogens is 1. The topological polar surface area (TPSA) is 46.4 Å². The van der Waals surface area contributed by atoms with Crippen LogP contribution in [0.1, 0.15) is 11.1 Å². The lowest BCUT2D eigenvalue weighted by atomic mass is 10.1. The Morgan fingerprint density at radius 1 is 1.04 bits per heavy atom. The van der Waals surface area contributed by atoms with Crippen molar-refractivity contribution in [3.05, 3.63) is 81.8 Å². The normalized spacial score (nSPS) is 11.5. The van der Waals surface area contributed by atoms with Gasteiger partial charge < -0.3 is 4.57 Å². The third-order valence-corrected chi connectivity index (χ3v) is 5.26. The molecule has 0 bridgehead atoms. The summed E-state index contributed by atoms with van der Waals surface area (Å²) in [6, 6.07) is 19.5. The van der Waals surface area contributed by atoms with Crippen molar-refractivity contribution in [2.75, 3.05) is 0 Å². The predicted molar refractivity (Wildman–Crippen MR) is 116 cm³/mol. The Kier molecular flexibility index (Phi) is 5.07. The summed E-state index contributed by atoms with van der Waals surface area (Å²) >= 11 is 12.0. The Bertz CT molecular complexity index is 1230. The van der Waals surface area contributed by atoms with E-state index in [0.29, 0.717) is 15.6 Å². The second-order valence-corrected chi connectivity index (χ2v) is 7.41. The van der Waals surface area contributed by atoms with Crippen LogP contribution in [0.25, 0.3) is 21.8 Å². The fourth-order valence-corrected chi connectivity index (χ4v) is 3.78. The molecule has 0 saturated heterocycles. The van der Waals surface area contributed by atoms with E-state index in [4.69, 9.17) is 23.2 Å². The zero-order chi connectivity index (χ0) is 19.7. The summed E-state index contributed by atoms with van der Waals surface area (Å²) in [6.45, 7) is 0. The molecule has 0 aliphatic heterocycles. The van der Waals surface area contributed by atoms with E-state index in [9.17, 15) is 4.79 Å². The number of hydrogen-bond acceptors (Lipinski definition) is 2. The molecule has 0 aliphatic rings. The van der Waals surface area contributed by atoms with Gasteiger partial charge in [-0.1, -0.05) is 59.6 Å². The van der Waals surface area contributed by atoms with Crippen molar-refractivity contribution in [2.45, 2.75) is 6.42 Å². The molecule has 3 aromatic carbocycles. The molecule has 4 rings (SSSR count). The van der Waals surface area contributed by atoms with Gasteiger partial charge in [0.2, 0.25) is 5.91 Å². The molecule has 1 heterocycles. The highest BCUT2D eigenvalue weighted by molar-refractivity contribution is 6.36. The smallest absolute Gasteiger partial charge is 0.244 e. The summed E-state index contributed by atoms with van der Waals surface area (Å²) in [6.07, 6.45) is 1.74. The van der Waals surface area contributed by atoms with Gasteiger partial charge >= 0.3 is 0 Å². The van der Waals surface area contributed by atoms with Crippen LogP contribution < -0.4 is 5.43 Å². The number of hydrogen-bond donors (Lipinski definition) is 1. The van der Waals surface area contributed by atoms with Crippen LogP contribution >= 0.6 is 23.2 Å². The van der Waals surface area contributed by atoms with E-state index < -0.39 is 0 Å². The van der Waals surface area contributed by atoms with E-state index in [2.05, 4.69) is 39.4 Å². The van der Waals surface area contributed by atoms with Crippen molar-refractivity contribution in [2.24, 2.45) is 12.1 Å². The van der Waals surface area contributed by atoms with E-state index in [-0.39, 0.29) is 12.3 Å². The third-order valence-electron chi connectivity index (χ3n) is 4.70. The molecule has 4 aromatic rings. The molecule has 0 spiro atoms. The van der Waals surface area contributed by atoms with Crippen LogP contribution in [0.15, 0.2) is 65.8 Å². The molecule has 28 heavy (non-hydrogen) atoms. The Morgan fingerprint density at radius 3 is 2.64 bits per heavy atom. The molecule has 0 radical (unpaired) electrons. The number of nitrogens with one attached hydrogen (secondary N) is 1.